The molecule has 0 fully saturated rings. The fourth-order valence-corrected chi connectivity index (χ4v) is 2.48. The normalized spacial score (nSPS) is 19.4. The lowest BCUT2D eigenvalue weighted by atomic mass is 9.99. The van der Waals surface area contributed by atoms with Crippen molar-refractivity contribution >= 4 is 5.84 Å². The lowest BCUT2D eigenvalue weighted by Crippen LogP contribution is -2.32. The Labute approximate surface area is 104 Å². The lowest BCUT2D eigenvalue weighted by Gasteiger charge is -2.31. The minimum absolute atomic E-state index is 0.955. The van der Waals surface area contributed by atoms with Crippen molar-refractivity contribution in [3.63, 3.8) is 0 Å². The second-order valence-electron chi connectivity index (χ2n) is 4.74. The molecule has 0 unspecified atom stereocenters. The largest absolute Gasteiger partial charge is 0.334 e. The van der Waals surface area contributed by atoms with Gasteiger partial charge in [-0.1, -0.05) is 12.2 Å². The Bertz CT molecular complexity index is 352. The predicted molar refractivity (Wildman–Crippen MR) is 73.2 cm³/mol. The van der Waals surface area contributed by atoms with Gasteiger partial charge in [-0.3, -0.25) is 4.99 Å². The molecule has 17 heavy (non-hydrogen) atoms. The van der Waals surface area contributed by atoms with Crippen molar-refractivity contribution in [2.45, 2.75) is 32.1 Å². The first-order chi connectivity index (χ1) is 8.33. The summed E-state index contributed by atoms with van der Waals surface area (Å²) in [5.41, 5.74) is 2.86. The third kappa shape index (κ3) is 2.97. The van der Waals surface area contributed by atoms with Crippen LogP contribution in [0.15, 0.2) is 28.4 Å². The molecule has 94 valence electrons. The zero-order chi connectivity index (χ0) is 12.1. The first-order valence-corrected chi connectivity index (χ1v) is 6.64. The maximum atomic E-state index is 4.65. The first kappa shape index (κ1) is 12.4. The summed E-state index contributed by atoms with van der Waals surface area (Å²) in [6.45, 7) is 2.07. The zero-order valence-electron chi connectivity index (χ0n) is 11.0. The van der Waals surface area contributed by atoms with Crippen molar-refractivity contribution in [2.75, 3.05) is 27.2 Å². The average Bonchev–Trinajstić information content (AvgIpc) is 2.37. The molecule has 0 saturated carbocycles. The Morgan fingerprint density at radius 1 is 1.35 bits per heavy atom. The van der Waals surface area contributed by atoms with Crippen LogP contribution in [-0.4, -0.2) is 37.9 Å². The molecule has 2 aliphatic rings. The summed E-state index contributed by atoms with van der Waals surface area (Å²) in [6, 6.07) is 0. The summed E-state index contributed by atoms with van der Waals surface area (Å²) < 4.78 is 0. The number of amidine groups is 1. The molecular weight excluding hydrogens is 210 g/mol. The number of rotatable bonds is 5. The van der Waals surface area contributed by atoms with E-state index in [4.69, 9.17) is 0 Å². The van der Waals surface area contributed by atoms with E-state index in [-0.39, 0.29) is 0 Å². The van der Waals surface area contributed by atoms with Gasteiger partial charge in [-0.15, -0.1) is 0 Å². The second kappa shape index (κ2) is 6.01. The molecule has 1 N–H and O–H groups in total. The van der Waals surface area contributed by atoms with Crippen molar-refractivity contribution in [2.24, 2.45) is 4.99 Å². The number of nitrogens with one attached hydrogen (secondary N) is 1. The van der Waals surface area contributed by atoms with Gasteiger partial charge in [0.1, 0.15) is 5.84 Å². The summed E-state index contributed by atoms with van der Waals surface area (Å²) in [6.07, 6.45) is 10.6. The summed E-state index contributed by atoms with van der Waals surface area (Å²) in [5, 5.41) is 3.20. The van der Waals surface area contributed by atoms with E-state index < -0.39 is 0 Å². The Morgan fingerprint density at radius 3 is 3.06 bits per heavy atom. The molecule has 0 aliphatic carbocycles. The highest BCUT2D eigenvalue weighted by Crippen LogP contribution is 2.25. The number of hydrogen-bond donors (Lipinski definition) is 1. The highest BCUT2D eigenvalue weighted by molar-refractivity contribution is 6.00. The molecule has 3 nitrogen and oxygen atoms in total. The molecule has 0 aromatic rings. The van der Waals surface area contributed by atoms with Crippen LogP contribution in [0.4, 0.5) is 0 Å². The lowest BCUT2D eigenvalue weighted by molar-refractivity contribution is 0.542. The van der Waals surface area contributed by atoms with Gasteiger partial charge in [0, 0.05) is 19.3 Å². The van der Waals surface area contributed by atoms with E-state index in [1.165, 1.54) is 36.4 Å². The quantitative estimate of drug-likeness (QED) is 0.738. The minimum Gasteiger partial charge on any atom is -0.334 e. The zero-order valence-corrected chi connectivity index (χ0v) is 11.0. The molecule has 0 spiro atoms. The van der Waals surface area contributed by atoms with Gasteiger partial charge in [0.2, 0.25) is 0 Å². The van der Waals surface area contributed by atoms with Crippen LogP contribution >= 0.6 is 0 Å². The van der Waals surface area contributed by atoms with Crippen LogP contribution < -0.4 is 5.32 Å². The van der Waals surface area contributed by atoms with E-state index in [1.807, 2.05) is 7.05 Å². The topological polar surface area (TPSA) is 27.6 Å². The summed E-state index contributed by atoms with van der Waals surface area (Å²) >= 11 is 0. The SMILES string of the molecule is CNCCCCC1=CCC2=CCCN=C2N1C. The van der Waals surface area contributed by atoms with E-state index in [1.54, 1.807) is 0 Å². The third-order valence-corrected chi connectivity index (χ3v) is 3.48. The Morgan fingerprint density at radius 2 is 2.24 bits per heavy atom. The number of nitrogens with zero attached hydrogens (tertiary/aromatic N) is 2. The number of hydrogen-bond acceptors (Lipinski definition) is 3. The molecular formula is C14H23N3. The van der Waals surface area contributed by atoms with Crippen LogP contribution in [-0.2, 0) is 0 Å². The van der Waals surface area contributed by atoms with Gasteiger partial charge < -0.3 is 10.2 Å². The maximum Gasteiger partial charge on any atom is 0.130 e. The Hall–Kier alpha value is -1.09. The molecule has 0 radical (unpaired) electrons. The molecule has 0 amide bonds. The van der Waals surface area contributed by atoms with Gasteiger partial charge in [0.05, 0.1) is 0 Å². The van der Waals surface area contributed by atoms with Gasteiger partial charge in [-0.25, -0.2) is 0 Å². The first-order valence-electron chi connectivity index (χ1n) is 6.64. The van der Waals surface area contributed by atoms with Gasteiger partial charge in [0.25, 0.3) is 0 Å². The maximum absolute atomic E-state index is 4.65. The van der Waals surface area contributed by atoms with E-state index in [9.17, 15) is 0 Å². The number of dihydropyridines is 1. The molecule has 0 aromatic carbocycles. The highest BCUT2D eigenvalue weighted by atomic mass is 15.2. The molecule has 0 atom stereocenters. The van der Waals surface area contributed by atoms with Crippen molar-refractivity contribution in [1.82, 2.24) is 10.2 Å². The van der Waals surface area contributed by atoms with Gasteiger partial charge in [-0.2, -0.15) is 0 Å². The van der Waals surface area contributed by atoms with Gasteiger partial charge in [-0.05, 0) is 51.3 Å². The van der Waals surface area contributed by atoms with Crippen LogP contribution in [0.25, 0.3) is 0 Å². The van der Waals surface area contributed by atoms with Crippen LogP contribution in [0, 0.1) is 0 Å². The summed E-state index contributed by atoms with van der Waals surface area (Å²) in [5.74, 6) is 1.21. The number of aliphatic imine (C=N–C) groups is 1. The number of likely N-dealkylation sites (N-methyl/N-ethyl adjacent to an activating group) is 1. The smallest absolute Gasteiger partial charge is 0.130 e. The van der Waals surface area contributed by atoms with Crippen molar-refractivity contribution in [3.8, 4) is 0 Å². The molecule has 0 aromatic heterocycles. The van der Waals surface area contributed by atoms with E-state index >= 15 is 0 Å². The van der Waals surface area contributed by atoms with E-state index in [0.29, 0.717) is 0 Å². The number of allylic oxidation sites excluding steroid dienone is 2. The Kier molecular flexibility index (Phi) is 4.37. The number of unbranched alkanes of at least 4 members (excludes halogenated alkanes) is 1. The second-order valence-corrected chi connectivity index (χ2v) is 4.74. The highest BCUT2D eigenvalue weighted by Gasteiger charge is 2.21. The summed E-state index contributed by atoms with van der Waals surface area (Å²) in [4.78, 5) is 6.93. The van der Waals surface area contributed by atoms with Crippen molar-refractivity contribution < 1.29 is 0 Å². The van der Waals surface area contributed by atoms with E-state index in [0.717, 1.165) is 25.9 Å². The standard InChI is InChI=1S/C14H23N3/c1-15-10-4-3-7-13-9-8-12-6-5-11-16-14(12)17(13)2/h6,9,15H,3-5,7-8,10-11H2,1-2H3. The number of fused-ring (bicyclic) bond motifs is 1. The molecule has 2 rings (SSSR count). The summed E-state index contributed by atoms with van der Waals surface area (Å²) in [7, 11) is 4.17. The van der Waals surface area contributed by atoms with E-state index in [2.05, 4.69) is 34.4 Å². The van der Waals surface area contributed by atoms with Crippen molar-refractivity contribution in [3.05, 3.63) is 23.4 Å². The molecule has 0 saturated heterocycles. The van der Waals surface area contributed by atoms with Gasteiger partial charge in [0.15, 0.2) is 0 Å². The minimum atomic E-state index is 0.955. The fraction of sp³-hybridized carbons (Fsp3) is 0.643. The fourth-order valence-electron chi connectivity index (χ4n) is 2.48. The van der Waals surface area contributed by atoms with Gasteiger partial charge >= 0.3 is 0 Å². The monoisotopic (exact) mass is 233 g/mol. The van der Waals surface area contributed by atoms with Crippen LogP contribution in [0.5, 0.6) is 0 Å². The third-order valence-electron chi connectivity index (χ3n) is 3.48. The Balaban J connectivity index is 1.93. The van der Waals surface area contributed by atoms with Crippen LogP contribution in [0.3, 0.4) is 0 Å². The molecule has 0 bridgehead atoms. The average molecular weight is 233 g/mol. The molecule has 2 heterocycles. The van der Waals surface area contributed by atoms with Crippen LogP contribution in [0.1, 0.15) is 32.1 Å². The van der Waals surface area contributed by atoms with Crippen LogP contribution in [0.2, 0.25) is 0 Å². The van der Waals surface area contributed by atoms with Crippen molar-refractivity contribution in [1.29, 1.82) is 0 Å². The molecule has 3 heteroatoms. The predicted octanol–water partition coefficient (Wildman–Crippen LogP) is 2.32. The molecule has 2 aliphatic heterocycles.